The van der Waals surface area contributed by atoms with E-state index in [2.05, 4.69) is 14.9 Å². The molecule has 3 aromatic carbocycles. The van der Waals surface area contributed by atoms with Crippen LogP contribution in [-0.2, 0) is 13.1 Å². The molecule has 2 N–H and O–H groups in total. The van der Waals surface area contributed by atoms with Gasteiger partial charge in [0.05, 0.1) is 23.0 Å². The van der Waals surface area contributed by atoms with Crippen LogP contribution in [0.5, 0.6) is 5.75 Å². The fourth-order valence-electron chi connectivity index (χ4n) is 4.85. The molecule has 162 valence electrons. The van der Waals surface area contributed by atoms with E-state index in [-0.39, 0.29) is 5.75 Å². The van der Waals surface area contributed by atoms with Crippen molar-refractivity contribution in [3.8, 4) is 16.9 Å². The van der Waals surface area contributed by atoms with Crippen LogP contribution in [0, 0.1) is 0 Å². The molecule has 1 aliphatic rings. The Balaban J connectivity index is 1.63. The molecule has 0 saturated carbocycles. The number of imidazole rings is 1. The summed E-state index contributed by atoms with van der Waals surface area (Å²) in [7, 11) is 0. The first-order chi connectivity index (χ1) is 16.1. The van der Waals surface area contributed by atoms with Crippen molar-refractivity contribution in [2.75, 3.05) is 0 Å². The van der Waals surface area contributed by atoms with E-state index < -0.39 is 11.8 Å². The maximum absolute atomic E-state index is 13.0. The summed E-state index contributed by atoms with van der Waals surface area (Å²) >= 11 is 0. The van der Waals surface area contributed by atoms with Gasteiger partial charge in [-0.1, -0.05) is 30.3 Å². The molecule has 0 atom stereocenters. The number of nitrogens with zero attached hydrogens (tertiary/aromatic N) is 3. The minimum atomic E-state index is -0.404. The summed E-state index contributed by atoms with van der Waals surface area (Å²) in [5.41, 5.74) is 4.14. The number of benzene rings is 3. The van der Waals surface area contributed by atoms with Crippen molar-refractivity contribution in [1.82, 2.24) is 19.4 Å². The Morgan fingerprint density at radius 2 is 1.73 bits per heavy atom. The van der Waals surface area contributed by atoms with Crippen LogP contribution in [0.1, 0.15) is 27.1 Å². The van der Waals surface area contributed by atoms with Crippen molar-refractivity contribution >= 4 is 33.6 Å². The zero-order valence-corrected chi connectivity index (χ0v) is 17.7. The number of phenolic OH excluding ortho intramolecular Hbond substituents is 1. The lowest BCUT2D eigenvalue weighted by molar-refractivity contribution is 0.0880. The molecule has 7 nitrogen and oxygen atoms in total. The zero-order chi connectivity index (χ0) is 22.5. The number of carbonyl (C=O) groups is 2. The van der Waals surface area contributed by atoms with E-state index in [0.29, 0.717) is 23.1 Å². The quantitative estimate of drug-likeness (QED) is 0.401. The molecule has 2 aromatic heterocycles. The second-order valence-corrected chi connectivity index (χ2v) is 8.22. The van der Waals surface area contributed by atoms with Crippen molar-refractivity contribution in [2.45, 2.75) is 19.5 Å². The van der Waals surface area contributed by atoms with E-state index >= 15 is 0 Å². The number of phenols is 1. The monoisotopic (exact) mass is 436 g/mol. The Bertz CT molecular complexity index is 1550. The summed E-state index contributed by atoms with van der Waals surface area (Å²) < 4.78 is 4.20. The van der Waals surface area contributed by atoms with Gasteiger partial charge in [0.2, 0.25) is 0 Å². The highest BCUT2D eigenvalue weighted by atomic mass is 16.3. The minimum absolute atomic E-state index is 0.116. The molecule has 0 saturated heterocycles. The Kier molecular flexibility index (Phi) is 4.29. The molecule has 1 aliphatic heterocycles. The number of rotatable bonds is 5. The number of hydrogen-bond donors (Lipinski definition) is 2. The Hall–Kier alpha value is -4.39. The third-order valence-electron chi connectivity index (χ3n) is 6.26. The van der Waals surface area contributed by atoms with Crippen LogP contribution in [-0.4, -0.2) is 31.0 Å². The SMILES string of the molecule is O=C1NC(=O)c2c1c(-c1ccccc1)cc1c2c2cc(O)ccc2n1CCCn1ccnc1. The van der Waals surface area contributed by atoms with Crippen LogP contribution in [0.4, 0.5) is 0 Å². The number of fused-ring (bicyclic) bond motifs is 5. The number of aromatic hydroxyl groups is 1. The first-order valence-corrected chi connectivity index (χ1v) is 10.8. The van der Waals surface area contributed by atoms with Crippen molar-refractivity contribution in [1.29, 1.82) is 0 Å². The van der Waals surface area contributed by atoms with Crippen molar-refractivity contribution < 1.29 is 14.7 Å². The normalized spacial score (nSPS) is 13.1. The molecule has 0 radical (unpaired) electrons. The number of imide groups is 1. The second-order valence-electron chi connectivity index (χ2n) is 8.22. The molecule has 0 fully saturated rings. The van der Waals surface area contributed by atoms with Gasteiger partial charge in [-0.2, -0.15) is 0 Å². The van der Waals surface area contributed by atoms with Crippen LogP contribution in [0.15, 0.2) is 73.3 Å². The highest BCUT2D eigenvalue weighted by molar-refractivity contribution is 6.32. The molecule has 2 amide bonds. The van der Waals surface area contributed by atoms with E-state index in [0.717, 1.165) is 40.5 Å². The summed E-state index contributed by atoms with van der Waals surface area (Å²) in [6.45, 7) is 1.50. The maximum atomic E-state index is 13.0. The van der Waals surface area contributed by atoms with Crippen LogP contribution in [0.25, 0.3) is 32.9 Å². The van der Waals surface area contributed by atoms with E-state index in [1.807, 2.05) is 53.2 Å². The number of carbonyl (C=O) groups excluding carboxylic acids is 2. The summed E-state index contributed by atoms with van der Waals surface area (Å²) in [6, 6.07) is 16.8. The van der Waals surface area contributed by atoms with Gasteiger partial charge < -0.3 is 14.2 Å². The lowest BCUT2D eigenvalue weighted by atomic mass is 9.93. The van der Waals surface area contributed by atoms with E-state index in [1.165, 1.54) is 0 Å². The number of aromatic nitrogens is 3. The summed E-state index contributed by atoms with van der Waals surface area (Å²) in [5, 5.41) is 14.1. The first kappa shape index (κ1) is 19.3. The lowest BCUT2D eigenvalue weighted by Gasteiger charge is -2.11. The molecule has 33 heavy (non-hydrogen) atoms. The highest BCUT2D eigenvalue weighted by Gasteiger charge is 2.34. The minimum Gasteiger partial charge on any atom is -0.508 e. The highest BCUT2D eigenvalue weighted by Crippen LogP contribution is 2.41. The van der Waals surface area contributed by atoms with E-state index in [1.54, 1.807) is 24.7 Å². The molecular formula is C26H20N4O3. The zero-order valence-electron chi connectivity index (χ0n) is 17.7. The standard InChI is InChI=1S/C26H20N4O3/c31-17-7-8-20-19(13-17)22-21(30(20)11-4-10-29-12-9-27-15-29)14-18(16-5-2-1-3-6-16)23-24(22)26(33)28-25(23)32/h1-3,5-9,12-15,31H,4,10-11H2,(H,28,32,33). The van der Waals surface area contributed by atoms with Gasteiger partial charge >= 0.3 is 0 Å². The van der Waals surface area contributed by atoms with Crippen LogP contribution in [0.2, 0.25) is 0 Å². The predicted octanol–water partition coefficient (Wildman–Crippen LogP) is 4.34. The van der Waals surface area contributed by atoms with E-state index in [9.17, 15) is 14.7 Å². The molecule has 6 rings (SSSR count). The Morgan fingerprint density at radius 1 is 0.909 bits per heavy atom. The fourth-order valence-corrected chi connectivity index (χ4v) is 4.85. The van der Waals surface area contributed by atoms with Gasteiger partial charge in [-0.15, -0.1) is 0 Å². The van der Waals surface area contributed by atoms with Crippen molar-refractivity contribution in [3.63, 3.8) is 0 Å². The lowest BCUT2D eigenvalue weighted by Crippen LogP contribution is -2.20. The van der Waals surface area contributed by atoms with Gasteiger partial charge in [0, 0.05) is 41.8 Å². The van der Waals surface area contributed by atoms with Gasteiger partial charge in [0.1, 0.15) is 5.75 Å². The van der Waals surface area contributed by atoms with E-state index in [4.69, 9.17) is 0 Å². The van der Waals surface area contributed by atoms with Gasteiger partial charge in [-0.05, 0) is 41.8 Å². The Morgan fingerprint density at radius 3 is 2.52 bits per heavy atom. The molecular weight excluding hydrogens is 416 g/mol. The van der Waals surface area contributed by atoms with Crippen LogP contribution >= 0.6 is 0 Å². The average molecular weight is 436 g/mol. The topological polar surface area (TPSA) is 89.2 Å². The molecule has 7 heteroatoms. The van der Waals surface area contributed by atoms with Gasteiger partial charge in [-0.25, -0.2) is 4.98 Å². The fraction of sp³-hybridized carbons (Fsp3) is 0.115. The molecule has 3 heterocycles. The summed E-state index contributed by atoms with van der Waals surface area (Å²) in [4.78, 5) is 29.9. The van der Waals surface area contributed by atoms with Crippen LogP contribution < -0.4 is 5.32 Å². The smallest absolute Gasteiger partial charge is 0.259 e. The number of nitrogens with one attached hydrogen (secondary N) is 1. The second kappa shape index (κ2) is 7.34. The predicted molar refractivity (Wildman–Crippen MR) is 125 cm³/mol. The summed E-state index contributed by atoms with van der Waals surface area (Å²) in [5.74, 6) is -0.680. The number of hydrogen-bond acceptors (Lipinski definition) is 4. The first-order valence-electron chi connectivity index (χ1n) is 10.8. The number of aryl methyl sites for hydroxylation is 2. The Labute approximate surface area is 188 Å². The number of amides is 2. The molecule has 0 unspecified atom stereocenters. The maximum Gasteiger partial charge on any atom is 0.259 e. The average Bonchev–Trinajstić information content (AvgIpc) is 3.52. The molecule has 0 spiro atoms. The molecule has 5 aromatic rings. The van der Waals surface area contributed by atoms with Gasteiger partial charge in [0.15, 0.2) is 0 Å². The van der Waals surface area contributed by atoms with Gasteiger partial charge in [0.25, 0.3) is 11.8 Å². The van der Waals surface area contributed by atoms with Gasteiger partial charge in [-0.3, -0.25) is 14.9 Å². The third kappa shape index (κ3) is 3.01. The third-order valence-corrected chi connectivity index (χ3v) is 6.26. The molecule has 0 bridgehead atoms. The van der Waals surface area contributed by atoms with Crippen LogP contribution in [0.3, 0.4) is 0 Å². The summed E-state index contributed by atoms with van der Waals surface area (Å²) in [6.07, 6.45) is 6.33. The largest absolute Gasteiger partial charge is 0.508 e. The van der Waals surface area contributed by atoms with Crippen molar-refractivity contribution in [2.24, 2.45) is 0 Å². The van der Waals surface area contributed by atoms with Crippen molar-refractivity contribution in [3.05, 3.63) is 84.4 Å². The molecule has 0 aliphatic carbocycles.